The van der Waals surface area contributed by atoms with E-state index < -0.39 is 0 Å². The highest BCUT2D eigenvalue weighted by molar-refractivity contribution is 7.80. The zero-order valence-corrected chi connectivity index (χ0v) is 13.8. The van der Waals surface area contributed by atoms with Crippen molar-refractivity contribution in [2.75, 3.05) is 14.2 Å². The maximum absolute atomic E-state index is 5.40. The molecule has 2 N–H and O–H groups in total. The van der Waals surface area contributed by atoms with E-state index in [-0.39, 0.29) is 6.04 Å². The lowest BCUT2D eigenvalue weighted by Gasteiger charge is -2.21. The fraction of sp³-hybridized carbons (Fsp3) is 0.562. The summed E-state index contributed by atoms with van der Waals surface area (Å²) >= 11 is 5.40. The Morgan fingerprint density at radius 2 is 1.86 bits per heavy atom. The van der Waals surface area contributed by atoms with Gasteiger partial charge in [0.2, 0.25) is 0 Å². The second-order valence-electron chi connectivity index (χ2n) is 5.44. The Morgan fingerprint density at radius 1 is 1.19 bits per heavy atom. The second kappa shape index (κ2) is 7.50. The molecule has 0 aromatic heterocycles. The molecule has 1 aromatic rings. The van der Waals surface area contributed by atoms with Crippen LogP contribution >= 0.6 is 12.2 Å². The molecule has 4 nitrogen and oxygen atoms in total. The van der Waals surface area contributed by atoms with Gasteiger partial charge in [0.1, 0.15) is 0 Å². The van der Waals surface area contributed by atoms with Crippen LogP contribution in [0.2, 0.25) is 0 Å². The lowest BCUT2D eigenvalue weighted by Crippen LogP contribution is -2.41. The fourth-order valence-corrected chi connectivity index (χ4v) is 3.04. The van der Waals surface area contributed by atoms with Crippen LogP contribution in [0, 0.1) is 0 Å². The van der Waals surface area contributed by atoms with E-state index >= 15 is 0 Å². The Bertz CT molecular complexity index is 487. The van der Waals surface area contributed by atoms with E-state index in [4.69, 9.17) is 21.7 Å². The van der Waals surface area contributed by atoms with Crippen LogP contribution in [0.4, 0.5) is 0 Å². The number of ether oxygens (including phenoxy) is 2. The van der Waals surface area contributed by atoms with E-state index in [0.717, 1.165) is 22.2 Å². The largest absolute Gasteiger partial charge is 0.493 e. The molecule has 0 amide bonds. The summed E-state index contributed by atoms with van der Waals surface area (Å²) in [5, 5.41) is 7.46. The first kappa shape index (κ1) is 15.9. The molecule has 2 rings (SSSR count). The topological polar surface area (TPSA) is 42.5 Å². The van der Waals surface area contributed by atoms with Gasteiger partial charge in [-0.25, -0.2) is 0 Å². The van der Waals surface area contributed by atoms with Gasteiger partial charge < -0.3 is 20.1 Å². The summed E-state index contributed by atoms with van der Waals surface area (Å²) < 4.78 is 10.6. The van der Waals surface area contributed by atoms with Gasteiger partial charge in [0.15, 0.2) is 16.6 Å². The number of hydrogen-bond acceptors (Lipinski definition) is 3. The molecule has 21 heavy (non-hydrogen) atoms. The third kappa shape index (κ3) is 4.24. The molecule has 0 bridgehead atoms. The van der Waals surface area contributed by atoms with Crippen molar-refractivity contribution in [1.29, 1.82) is 0 Å². The predicted molar refractivity (Wildman–Crippen MR) is 89.1 cm³/mol. The predicted octanol–water partition coefficient (Wildman–Crippen LogP) is 3.17. The molecule has 0 heterocycles. The third-order valence-corrected chi connectivity index (χ3v) is 4.18. The molecular formula is C16H24N2O2S. The standard InChI is InChI=1S/C16H24N2O2S/c1-11(17-16(21)18-13-6-4-5-7-13)12-8-9-14(19-2)15(10-12)20-3/h8-11,13H,4-7H2,1-3H3,(H2,17,18,21)/t11-/m1/s1. The Hall–Kier alpha value is -1.49. The van der Waals surface area contributed by atoms with Crippen LogP contribution in [0.3, 0.4) is 0 Å². The molecule has 1 saturated carbocycles. The minimum absolute atomic E-state index is 0.117. The Morgan fingerprint density at radius 3 is 2.48 bits per heavy atom. The van der Waals surface area contributed by atoms with Crippen molar-refractivity contribution >= 4 is 17.3 Å². The van der Waals surface area contributed by atoms with E-state index in [0.29, 0.717) is 6.04 Å². The Labute approximate surface area is 132 Å². The summed E-state index contributed by atoms with van der Waals surface area (Å²) in [5.74, 6) is 1.47. The van der Waals surface area contributed by atoms with E-state index in [1.807, 2.05) is 18.2 Å². The van der Waals surface area contributed by atoms with Crippen molar-refractivity contribution in [1.82, 2.24) is 10.6 Å². The first-order valence-corrected chi connectivity index (χ1v) is 7.84. The minimum atomic E-state index is 0.117. The number of benzene rings is 1. The monoisotopic (exact) mass is 308 g/mol. The van der Waals surface area contributed by atoms with Crippen LogP contribution in [0.15, 0.2) is 18.2 Å². The van der Waals surface area contributed by atoms with E-state index in [1.54, 1.807) is 14.2 Å². The Kier molecular flexibility index (Phi) is 5.67. The highest BCUT2D eigenvalue weighted by atomic mass is 32.1. The van der Waals surface area contributed by atoms with Crippen molar-refractivity contribution in [3.8, 4) is 11.5 Å². The van der Waals surface area contributed by atoms with Crippen molar-refractivity contribution in [3.63, 3.8) is 0 Å². The molecule has 1 aliphatic rings. The lowest BCUT2D eigenvalue weighted by molar-refractivity contribution is 0.354. The van der Waals surface area contributed by atoms with Crippen LogP contribution in [0.1, 0.15) is 44.2 Å². The highest BCUT2D eigenvalue weighted by Crippen LogP contribution is 2.29. The van der Waals surface area contributed by atoms with E-state index in [1.165, 1.54) is 25.7 Å². The smallest absolute Gasteiger partial charge is 0.166 e. The SMILES string of the molecule is COc1ccc([C@@H](C)NC(=S)NC2CCCC2)cc1OC. The van der Waals surface area contributed by atoms with Gasteiger partial charge in [-0.1, -0.05) is 18.9 Å². The second-order valence-corrected chi connectivity index (χ2v) is 5.84. The van der Waals surface area contributed by atoms with Crippen LogP contribution in [0.25, 0.3) is 0 Å². The number of methoxy groups -OCH3 is 2. The molecule has 116 valence electrons. The normalized spacial score (nSPS) is 16.3. The van der Waals surface area contributed by atoms with Gasteiger partial charge in [-0.2, -0.15) is 0 Å². The van der Waals surface area contributed by atoms with Gasteiger partial charge in [-0.05, 0) is 49.7 Å². The number of hydrogen-bond donors (Lipinski definition) is 2. The molecule has 5 heteroatoms. The molecule has 0 saturated heterocycles. The lowest BCUT2D eigenvalue weighted by atomic mass is 10.1. The first-order chi connectivity index (χ1) is 10.1. The molecule has 1 aliphatic carbocycles. The molecule has 0 unspecified atom stereocenters. The van der Waals surface area contributed by atoms with Gasteiger partial charge in [-0.15, -0.1) is 0 Å². The molecular weight excluding hydrogens is 284 g/mol. The molecule has 0 radical (unpaired) electrons. The van der Waals surface area contributed by atoms with Crippen molar-refractivity contribution in [2.45, 2.75) is 44.7 Å². The number of nitrogens with one attached hydrogen (secondary N) is 2. The zero-order valence-electron chi connectivity index (χ0n) is 12.9. The highest BCUT2D eigenvalue weighted by Gasteiger charge is 2.17. The maximum atomic E-state index is 5.40. The number of rotatable bonds is 5. The summed E-state index contributed by atoms with van der Waals surface area (Å²) in [6.45, 7) is 2.09. The summed E-state index contributed by atoms with van der Waals surface area (Å²) in [4.78, 5) is 0. The van der Waals surface area contributed by atoms with Crippen molar-refractivity contribution < 1.29 is 9.47 Å². The molecule has 1 fully saturated rings. The Balaban J connectivity index is 1.95. The quantitative estimate of drug-likeness (QED) is 0.818. The number of thiocarbonyl (C=S) groups is 1. The van der Waals surface area contributed by atoms with Crippen LogP contribution in [-0.4, -0.2) is 25.4 Å². The van der Waals surface area contributed by atoms with Crippen LogP contribution in [0.5, 0.6) is 11.5 Å². The fourth-order valence-electron chi connectivity index (χ4n) is 2.70. The molecule has 0 aliphatic heterocycles. The molecule has 1 atom stereocenters. The maximum Gasteiger partial charge on any atom is 0.166 e. The van der Waals surface area contributed by atoms with Crippen LogP contribution < -0.4 is 20.1 Å². The van der Waals surface area contributed by atoms with Gasteiger partial charge >= 0.3 is 0 Å². The van der Waals surface area contributed by atoms with Gasteiger partial charge in [-0.3, -0.25) is 0 Å². The first-order valence-electron chi connectivity index (χ1n) is 7.43. The summed E-state index contributed by atoms with van der Waals surface area (Å²) in [7, 11) is 3.28. The zero-order chi connectivity index (χ0) is 15.2. The van der Waals surface area contributed by atoms with Crippen LogP contribution in [-0.2, 0) is 0 Å². The molecule has 0 spiro atoms. The van der Waals surface area contributed by atoms with Gasteiger partial charge in [0.05, 0.1) is 20.3 Å². The minimum Gasteiger partial charge on any atom is -0.493 e. The third-order valence-electron chi connectivity index (χ3n) is 3.95. The summed E-state index contributed by atoms with van der Waals surface area (Å²) in [6.07, 6.45) is 5.02. The average molecular weight is 308 g/mol. The van der Waals surface area contributed by atoms with Gasteiger partial charge in [0, 0.05) is 6.04 Å². The average Bonchev–Trinajstić information content (AvgIpc) is 2.99. The summed E-state index contributed by atoms with van der Waals surface area (Å²) in [6, 6.07) is 6.57. The van der Waals surface area contributed by atoms with Crippen molar-refractivity contribution in [3.05, 3.63) is 23.8 Å². The summed E-state index contributed by atoms with van der Waals surface area (Å²) in [5.41, 5.74) is 1.11. The van der Waals surface area contributed by atoms with Crippen molar-refractivity contribution in [2.24, 2.45) is 0 Å². The van der Waals surface area contributed by atoms with E-state index in [9.17, 15) is 0 Å². The molecule has 1 aromatic carbocycles. The van der Waals surface area contributed by atoms with Gasteiger partial charge in [0.25, 0.3) is 0 Å². The van der Waals surface area contributed by atoms with E-state index in [2.05, 4.69) is 17.6 Å².